The van der Waals surface area contributed by atoms with Crippen molar-refractivity contribution in [2.24, 2.45) is 0 Å². The summed E-state index contributed by atoms with van der Waals surface area (Å²) in [6.45, 7) is 3.50. The van der Waals surface area contributed by atoms with Gasteiger partial charge in [0.2, 0.25) is 0 Å². The third-order valence-corrected chi connectivity index (χ3v) is 1.19. The zero-order valence-corrected chi connectivity index (χ0v) is 6.91. The Morgan fingerprint density at radius 3 is 2.67 bits per heavy atom. The molecule has 12 heavy (non-hydrogen) atoms. The third kappa shape index (κ3) is 1.84. The molecule has 0 aliphatic heterocycles. The number of rotatable bonds is 2. The summed E-state index contributed by atoms with van der Waals surface area (Å²) >= 11 is 0. The Morgan fingerprint density at radius 2 is 2.17 bits per heavy atom. The first-order chi connectivity index (χ1) is 5.61. The molecule has 3 nitrogen and oxygen atoms in total. The van der Waals surface area contributed by atoms with Gasteiger partial charge in [-0.15, -0.1) is 0 Å². The monoisotopic (exact) mass is 171 g/mol. The quantitative estimate of drug-likeness (QED) is 0.736. The van der Waals surface area contributed by atoms with Gasteiger partial charge in [0.05, 0.1) is 18.5 Å². The Labute approximate surface area is 69.8 Å². The van der Waals surface area contributed by atoms with Crippen molar-refractivity contribution >= 4 is 0 Å². The molecule has 1 aromatic heterocycles. The van der Waals surface area contributed by atoms with Gasteiger partial charge in [-0.2, -0.15) is 0 Å². The molecule has 4 heteroatoms. The molecule has 0 unspecified atom stereocenters. The summed E-state index contributed by atoms with van der Waals surface area (Å²) in [5, 5.41) is 9.11. The molecule has 0 atom stereocenters. The van der Waals surface area contributed by atoms with E-state index in [2.05, 4.69) is 4.98 Å². The maximum atomic E-state index is 12.9. The average molecular weight is 171 g/mol. The standard InChI is InChI=1S/C8H10FNO2/c1-5(2)12-8-6(9)3-10-4-7(8)11/h3-5,11H,1-2H3. The zero-order valence-electron chi connectivity index (χ0n) is 6.91. The number of halogens is 1. The summed E-state index contributed by atoms with van der Waals surface area (Å²) in [7, 11) is 0. The number of nitrogens with zero attached hydrogens (tertiary/aromatic N) is 1. The molecule has 0 aliphatic carbocycles. The fourth-order valence-electron chi connectivity index (χ4n) is 0.765. The molecule has 66 valence electrons. The molecular formula is C8H10FNO2. The fourth-order valence-corrected chi connectivity index (χ4v) is 0.765. The van der Waals surface area contributed by atoms with Gasteiger partial charge in [0, 0.05) is 0 Å². The van der Waals surface area contributed by atoms with Crippen molar-refractivity contribution in [2.75, 3.05) is 0 Å². The summed E-state index contributed by atoms with van der Waals surface area (Å²) in [5.74, 6) is -1.06. The van der Waals surface area contributed by atoms with Crippen molar-refractivity contribution in [1.29, 1.82) is 0 Å². The Bertz CT molecular complexity index is 256. The second-order valence-electron chi connectivity index (χ2n) is 2.64. The summed E-state index contributed by atoms with van der Waals surface area (Å²) in [6, 6.07) is 0. The number of ether oxygens (including phenoxy) is 1. The minimum absolute atomic E-state index is 0.139. The van der Waals surface area contributed by atoms with Gasteiger partial charge >= 0.3 is 0 Å². The normalized spacial score (nSPS) is 10.3. The lowest BCUT2D eigenvalue weighted by Crippen LogP contribution is -2.07. The third-order valence-electron chi connectivity index (χ3n) is 1.19. The van der Waals surface area contributed by atoms with Gasteiger partial charge in [-0.25, -0.2) is 4.39 Å². The highest BCUT2D eigenvalue weighted by atomic mass is 19.1. The molecule has 0 amide bonds. The highest BCUT2D eigenvalue weighted by molar-refractivity contribution is 5.36. The van der Waals surface area contributed by atoms with Crippen LogP contribution in [0.25, 0.3) is 0 Å². The van der Waals surface area contributed by atoms with Gasteiger partial charge in [-0.05, 0) is 13.8 Å². The fraction of sp³-hybridized carbons (Fsp3) is 0.375. The Balaban J connectivity index is 2.96. The van der Waals surface area contributed by atoms with Gasteiger partial charge in [0.1, 0.15) is 0 Å². The SMILES string of the molecule is CC(C)Oc1c(O)cncc1F. The zero-order chi connectivity index (χ0) is 9.14. The van der Waals surface area contributed by atoms with Crippen LogP contribution in [0.2, 0.25) is 0 Å². The molecule has 0 bridgehead atoms. The maximum Gasteiger partial charge on any atom is 0.200 e. The molecule has 0 radical (unpaired) electrons. The maximum absolute atomic E-state index is 12.9. The number of hydrogen-bond donors (Lipinski definition) is 1. The van der Waals surface area contributed by atoms with Crippen molar-refractivity contribution < 1.29 is 14.2 Å². The van der Waals surface area contributed by atoms with Crippen molar-refractivity contribution in [3.05, 3.63) is 18.2 Å². The van der Waals surface area contributed by atoms with Crippen LogP contribution in [-0.4, -0.2) is 16.2 Å². The van der Waals surface area contributed by atoms with Gasteiger partial charge < -0.3 is 9.84 Å². The number of pyridine rings is 1. The predicted octanol–water partition coefficient (Wildman–Crippen LogP) is 1.71. The molecule has 1 heterocycles. The highest BCUT2D eigenvalue weighted by Crippen LogP contribution is 2.27. The predicted molar refractivity (Wildman–Crippen MR) is 41.6 cm³/mol. The second kappa shape index (κ2) is 3.38. The van der Waals surface area contributed by atoms with E-state index in [4.69, 9.17) is 9.84 Å². The van der Waals surface area contributed by atoms with Crippen LogP contribution in [0.4, 0.5) is 4.39 Å². The Morgan fingerprint density at radius 1 is 1.50 bits per heavy atom. The van der Waals surface area contributed by atoms with Crippen molar-refractivity contribution in [3.63, 3.8) is 0 Å². The topological polar surface area (TPSA) is 42.4 Å². The molecule has 0 fully saturated rings. The van der Waals surface area contributed by atoms with E-state index in [-0.39, 0.29) is 17.6 Å². The molecule has 1 rings (SSSR count). The smallest absolute Gasteiger partial charge is 0.200 e. The van der Waals surface area contributed by atoms with E-state index in [9.17, 15) is 4.39 Å². The summed E-state index contributed by atoms with van der Waals surface area (Å²) in [4.78, 5) is 3.45. The summed E-state index contributed by atoms with van der Waals surface area (Å²) in [5.41, 5.74) is 0. The minimum Gasteiger partial charge on any atom is -0.503 e. The number of aromatic nitrogens is 1. The molecule has 0 saturated heterocycles. The van der Waals surface area contributed by atoms with Crippen molar-refractivity contribution in [1.82, 2.24) is 4.98 Å². The van der Waals surface area contributed by atoms with Crippen LogP contribution >= 0.6 is 0 Å². The van der Waals surface area contributed by atoms with E-state index >= 15 is 0 Å². The number of aromatic hydroxyl groups is 1. The van der Waals surface area contributed by atoms with Crippen LogP contribution in [0.1, 0.15) is 13.8 Å². The largest absolute Gasteiger partial charge is 0.503 e. The van der Waals surface area contributed by atoms with Crippen LogP contribution < -0.4 is 4.74 Å². The van der Waals surface area contributed by atoms with Crippen LogP contribution in [-0.2, 0) is 0 Å². The first-order valence-corrected chi connectivity index (χ1v) is 3.60. The van der Waals surface area contributed by atoms with E-state index in [0.717, 1.165) is 12.4 Å². The van der Waals surface area contributed by atoms with E-state index in [1.165, 1.54) is 0 Å². The molecule has 0 aliphatic rings. The van der Waals surface area contributed by atoms with Crippen molar-refractivity contribution in [2.45, 2.75) is 20.0 Å². The first-order valence-electron chi connectivity index (χ1n) is 3.60. The lowest BCUT2D eigenvalue weighted by atomic mass is 10.4. The van der Waals surface area contributed by atoms with Crippen molar-refractivity contribution in [3.8, 4) is 11.5 Å². The number of hydrogen-bond acceptors (Lipinski definition) is 3. The molecule has 1 aromatic rings. The lowest BCUT2D eigenvalue weighted by Gasteiger charge is -2.10. The molecule has 0 saturated carbocycles. The van der Waals surface area contributed by atoms with Gasteiger partial charge in [0.15, 0.2) is 17.3 Å². The minimum atomic E-state index is -0.649. The summed E-state index contributed by atoms with van der Waals surface area (Å²) < 4.78 is 17.9. The van der Waals surface area contributed by atoms with Gasteiger partial charge in [-0.3, -0.25) is 4.98 Å². The van der Waals surface area contributed by atoms with Crippen LogP contribution in [0.3, 0.4) is 0 Å². The lowest BCUT2D eigenvalue weighted by molar-refractivity contribution is 0.219. The second-order valence-corrected chi connectivity index (χ2v) is 2.64. The Kier molecular flexibility index (Phi) is 2.47. The van der Waals surface area contributed by atoms with Gasteiger partial charge in [0.25, 0.3) is 0 Å². The van der Waals surface area contributed by atoms with E-state index in [0.29, 0.717) is 0 Å². The summed E-state index contributed by atoms with van der Waals surface area (Å²) in [6.07, 6.45) is 1.96. The van der Waals surface area contributed by atoms with E-state index < -0.39 is 5.82 Å². The average Bonchev–Trinajstić information content (AvgIpc) is 1.97. The van der Waals surface area contributed by atoms with Gasteiger partial charge in [-0.1, -0.05) is 0 Å². The van der Waals surface area contributed by atoms with Crippen LogP contribution in [0.5, 0.6) is 11.5 Å². The molecule has 1 N–H and O–H groups in total. The highest BCUT2D eigenvalue weighted by Gasteiger charge is 2.10. The molecular weight excluding hydrogens is 161 g/mol. The van der Waals surface area contributed by atoms with Crippen LogP contribution in [0.15, 0.2) is 12.4 Å². The van der Waals surface area contributed by atoms with E-state index in [1.54, 1.807) is 13.8 Å². The molecule has 0 aromatic carbocycles. The van der Waals surface area contributed by atoms with Crippen LogP contribution in [0, 0.1) is 5.82 Å². The van der Waals surface area contributed by atoms with E-state index in [1.807, 2.05) is 0 Å². The molecule has 0 spiro atoms. The Hall–Kier alpha value is -1.32. The first kappa shape index (κ1) is 8.77.